The first-order valence-electron chi connectivity index (χ1n) is 11.6. The SMILES string of the molecule is Cc1nc2c(c(=O)n1C(c1ccc(F)cc1)C1CCC1)CCN(C(=O)OC1CC(F)(F)C1(F)F)C2. The van der Waals surface area contributed by atoms with Gasteiger partial charge in [-0.1, -0.05) is 18.6 Å². The minimum atomic E-state index is -4.41. The van der Waals surface area contributed by atoms with Crippen molar-refractivity contribution in [1.29, 1.82) is 0 Å². The third-order valence-corrected chi connectivity index (χ3v) is 7.36. The Labute approximate surface area is 197 Å². The molecule has 0 N–H and O–H groups in total. The number of carbonyl (C=O) groups is 1. The van der Waals surface area contributed by atoms with Gasteiger partial charge in [0.2, 0.25) is 0 Å². The van der Waals surface area contributed by atoms with Crippen molar-refractivity contribution in [3.63, 3.8) is 0 Å². The number of rotatable bonds is 4. The molecule has 6 nitrogen and oxygen atoms in total. The highest BCUT2D eigenvalue weighted by atomic mass is 19.3. The summed E-state index contributed by atoms with van der Waals surface area (Å²) in [5.41, 5.74) is 1.28. The molecule has 1 aromatic heterocycles. The molecular weight excluding hydrogens is 473 g/mol. The zero-order chi connectivity index (χ0) is 25.1. The van der Waals surface area contributed by atoms with Gasteiger partial charge >= 0.3 is 17.9 Å². The van der Waals surface area contributed by atoms with E-state index in [1.165, 1.54) is 12.1 Å². The summed E-state index contributed by atoms with van der Waals surface area (Å²) in [5, 5.41) is 0. The smallest absolute Gasteiger partial charge is 0.410 e. The highest BCUT2D eigenvalue weighted by Crippen LogP contribution is 2.52. The number of hydrogen-bond acceptors (Lipinski definition) is 4. The fourth-order valence-electron chi connectivity index (χ4n) is 5.07. The van der Waals surface area contributed by atoms with Crippen molar-refractivity contribution in [2.75, 3.05) is 6.54 Å². The molecular formula is C24H24F5N3O3. The number of aryl methyl sites for hydroxylation is 1. The first-order chi connectivity index (χ1) is 16.5. The highest BCUT2D eigenvalue weighted by molar-refractivity contribution is 5.68. The number of aromatic nitrogens is 2. The van der Waals surface area contributed by atoms with Gasteiger partial charge in [0.1, 0.15) is 11.6 Å². The van der Waals surface area contributed by atoms with E-state index in [1.807, 2.05) is 0 Å². The fraction of sp³-hybridized carbons (Fsp3) is 0.542. The summed E-state index contributed by atoms with van der Waals surface area (Å²) in [7, 11) is 0. The average Bonchev–Trinajstić information content (AvgIpc) is 2.76. The zero-order valence-electron chi connectivity index (χ0n) is 18.9. The van der Waals surface area contributed by atoms with Crippen molar-refractivity contribution < 1.29 is 31.5 Å². The summed E-state index contributed by atoms with van der Waals surface area (Å²) < 4.78 is 72.9. The van der Waals surface area contributed by atoms with E-state index in [0.29, 0.717) is 17.1 Å². The second-order valence-electron chi connectivity index (χ2n) is 9.52. The van der Waals surface area contributed by atoms with Crippen molar-refractivity contribution in [2.24, 2.45) is 5.92 Å². The van der Waals surface area contributed by atoms with Crippen LogP contribution in [0.1, 0.15) is 54.4 Å². The zero-order valence-corrected chi connectivity index (χ0v) is 18.9. The van der Waals surface area contributed by atoms with Gasteiger partial charge in [-0.3, -0.25) is 9.36 Å². The van der Waals surface area contributed by atoms with Crippen molar-refractivity contribution in [3.8, 4) is 0 Å². The van der Waals surface area contributed by atoms with Crippen LogP contribution in [0, 0.1) is 18.7 Å². The number of hydrogen-bond donors (Lipinski definition) is 0. The molecule has 0 saturated heterocycles. The molecule has 11 heteroatoms. The third-order valence-electron chi connectivity index (χ3n) is 7.36. The van der Waals surface area contributed by atoms with Crippen LogP contribution in [0.3, 0.4) is 0 Å². The maximum atomic E-state index is 13.6. The average molecular weight is 497 g/mol. The Kier molecular flexibility index (Phi) is 5.63. The molecule has 35 heavy (non-hydrogen) atoms. The summed E-state index contributed by atoms with van der Waals surface area (Å²) in [4.78, 5) is 31.6. The predicted octanol–water partition coefficient (Wildman–Crippen LogP) is 4.62. The molecule has 1 amide bonds. The van der Waals surface area contributed by atoms with Crippen LogP contribution in [0.15, 0.2) is 29.1 Å². The lowest BCUT2D eigenvalue weighted by molar-refractivity contribution is -0.330. The maximum absolute atomic E-state index is 13.6. The minimum absolute atomic E-state index is 0.00510. The molecule has 5 rings (SSSR count). The van der Waals surface area contributed by atoms with Crippen LogP contribution in [-0.4, -0.2) is 45.0 Å². The van der Waals surface area contributed by atoms with E-state index in [9.17, 15) is 31.5 Å². The number of carbonyl (C=O) groups excluding carboxylic acids is 1. The first kappa shape index (κ1) is 23.7. The molecule has 1 aromatic carbocycles. The van der Waals surface area contributed by atoms with Crippen LogP contribution in [-0.2, 0) is 17.7 Å². The lowest BCUT2D eigenvalue weighted by Gasteiger charge is -2.43. The van der Waals surface area contributed by atoms with Crippen LogP contribution in [0.2, 0.25) is 0 Å². The molecule has 3 aliphatic rings. The van der Waals surface area contributed by atoms with E-state index in [2.05, 4.69) is 9.72 Å². The van der Waals surface area contributed by atoms with E-state index in [4.69, 9.17) is 0 Å². The van der Waals surface area contributed by atoms with Gasteiger partial charge in [0.05, 0.1) is 24.7 Å². The minimum Gasteiger partial charge on any atom is -0.439 e. The standard InChI is InChI=1S/C24H24F5N3O3/c1-13-30-18-12-31(22(34)35-19-11-23(26,27)24(19,28)29)10-9-17(18)21(33)32(13)20(14-3-2-4-14)15-5-7-16(25)8-6-15/h5-8,14,19-20H,2-4,9-12H2,1H3. The van der Waals surface area contributed by atoms with Gasteiger partial charge in [0.25, 0.3) is 5.56 Å². The van der Waals surface area contributed by atoms with E-state index in [1.54, 1.807) is 23.6 Å². The molecule has 2 saturated carbocycles. The molecule has 0 spiro atoms. The van der Waals surface area contributed by atoms with Crippen molar-refractivity contribution in [1.82, 2.24) is 14.5 Å². The Morgan fingerprint density at radius 3 is 2.43 bits per heavy atom. The van der Waals surface area contributed by atoms with Crippen molar-refractivity contribution >= 4 is 6.09 Å². The molecule has 2 heterocycles. The molecule has 0 bridgehead atoms. The van der Waals surface area contributed by atoms with Gasteiger partial charge in [0, 0.05) is 12.1 Å². The number of halogens is 5. The first-order valence-corrected chi connectivity index (χ1v) is 11.6. The van der Waals surface area contributed by atoms with E-state index in [-0.39, 0.29) is 42.8 Å². The van der Waals surface area contributed by atoms with Gasteiger partial charge in [-0.25, -0.2) is 14.2 Å². The van der Waals surface area contributed by atoms with Gasteiger partial charge in [0.15, 0.2) is 6.10 Å². The quantitative estimate of drug-likeness (QED) is 0.579. The van der Waals surface area contributed by atoms with Gasteiger partial charge in [-0.05, 0) is 49.8 Å². The molecule has 0 radical (unpaired) electrons. The molecule has 188 valence electrons. The van der Waals surface area contributed by atoms with E-state index >= 15 is 0 Å². The molecule has 2 unspecified atom stereocenters. The summed E-state index contributed by atoms with van der Waals surface area (Å²) in [5.74, 6) is -8.36. The number of fused-ring (bicyclic) bond motifs is 1. The Morgan fingerprint density at radius 2 is 1.86 bits per heavy atom. The third kappa shape index (κ3) is 3.88. The monoisotopic (exact) mass is 497 g/mol. The Bertz CT molecular complexity index is 1210. The van der Waals surface area contributed by atoms with Crippen LogP contribution < -0.4 is 5.56 Å². The second-order valence-corrected chi connectivity index (χ2v) is 9.52. The predicted molar refractivity (Wildman–Crippen MR) is 114 cm³/mol. The Morgan fingerprint density at radius 1 is 1.17 bits per heavy atom. The number of amides is 1. The van der Waals surface area contributed by atoms with E-state index in [0.717, 1.165) is 29.7 Å². The second kappa shape index (κ2) is 8.30. The topological polar surface area (TPSA) is 64.4 Å². The number of benzene rings is 1. The van der Waals surface area contributed by atoms with Gasteiger partial charge in [-0.2, -0.15) is 17.6 Å². The molecule has 2 aliphatic carbocycles. The van der Waals surface area contributed by atoms with Crippen molar-refractivity contribution in [2.45, 2.75) is 69.6 Å². The lowest BCUT2D eigenvalue weighted by Crippen LogP contribution is -2.64. The molecule has 2 fully saturated rings. The fourth-order valence-corrected chi connectivity index (χ4v) is 5.07. The normalized spacial score (nSPS) is 23.6. The van der Waals surface area contributed by atoms with Crippen LogP contribution in [0.25, 0.3) is 0 Å². The molecule has 2 atom stereocenters. The molecule has 1 aliphatic heterocycles. The summed E-state index contributed by atoms with van der Waals surface area (Å²) >= 11 is 0. The number of nitrogens with zero attached hydrogens (tertiary/aromatic N) is 3. The van der Waals surface area contributed by atoms with Gasteiger partial charge < -0.3 is 9.64 Å². The van der Waals surface area contributed by atoms with Crippen molar-refractivity contribution in [3.05, 3.63) is 63.1 Å². The Hall–Kier alpha value is -2.98. The summed E-state index contributed by atoms with van der Waals surface area (Å²) in [6.45, 7) is 1.53. The van der Waals surface area contributed by atoms with E-state index < -0.39 is 30.5 Å². The number of ether oxygens (including phenoxy) is 1. The maximum Gasteiger partial charge on any atom is 0.410 e. The summed E-state index contributed by atoms with van der Waals surface area (Å²) in [6, 6.07) is 5.75. The lowest BCUT2D eigenvalue weighted by atomic mass is 9.77. The van der Waals surface area contributed by atoms with Crippen LogP contribution >= 0.6 is 0 Å². The van der Waals surface area contributed by atoms with Crippen LogP contribution in [0.5, 0.6) is 0 Å². The molecule has 2 aromatic rings. The Balaban J connectivity index is 1.40. The number of alkyl halides is 4. The summed E-state index contributed by atoms with van der Waals surface area (Å²) in [6.07, 6.45) is -1.55. The van der Waals surface area contributed by atoms with Crippen LogP contribution in [0.4, 0.5) is 26.7 Å². The largest absolute Gasteiger partial charge is 0.439 e. The highest BCUT2D eigenvalue weighted by Gasteiger charge is 2.74. The van der Waals surface area contributed by atoms with Gasteiger partial charge in [-0.15, -0.1) is 0 Å².